The average Bonchev–Trinajstić information content (AvgIpc) is 2.29. The lowest BCUT2D eigenvalue weighted by Gasteiger charge is -2.10. The largest absolute Gasteiger partial charge is 0.494 e. The number of hydrogen-bond donors (Lipinski definition) is 0. The molecule has 3 nitrogen and oxygen atoms in total. The first-order valence-electron chi connectivity index (χ1n) is 5.80. The van der Waals surface area contributed by atoms with Crippen molar-refractivity contribution in [3.63, 3.8) is 0 Å². The third-order valence-electron chi connectivity index (χ3n) is 2.63. The molecule has 0 atom stereocenters. The average molecular weight is 234 g/mol. The summed E-state index contributed by atoms with van der Waals surface area (Å²) in [7, 11) is 0. The highest BCUT2D eigenvalue weighted by molar-refractivity contribution is 6.00. The minimum absolute atomic E-state index is 0.0581. The van der Waals surface area contributed by atoms with Crippen LogP contribution in [0.15, 0.2) is 30.3 Å². The molecule has 92 valence electrons. The van der Waals surface area contributed by atoms with E-state index in [4.69, 9.17) is 4.74 Å². The van der Waals surface area contributed by atoms with Gasteiger partial charge in [-0.25, -0.2) is 0 Å². The van der Waals surface area contributed by atoms with Crippen molar-refractivity contribution in [2.75, 3.05) is 6.61 Å². The van der Waals surface area contributed by atoms with Gasteiger partial charge in [-0.1, -0.05) is 18.2 Å². The van der Waals surface area contributed by atoms with Gasteiger partial charge in [0.05, 0.1) is 12.5 Å². The van der Waals surface area contributed by atoms with Crippen LogP contribution in [-0.2, 0) is 9.59 Å². The number of hydrogen-bond acceptors (Lipinski definition) is 3. The van der Waals surface area contributed by atoms with E-state index < -0.39 is 5.92 Å². The molecule has 3 heteroatoms. The molecule has 0 amide bonds. The maximum atomic E-state index is 11.2. The van der Waals surface area contributed by atoms with Crippen molar-refractivity contribution in [1.82, 2.24) is 0 Å². The van der Waals surface area contributed by atoms with Gasteiger partial charge in [-0.2, -0.15) is 0 Å². The Balaban J connectivity index is 2.28. The molecule has 1 rings (SSSR count). The van der Waals surface area contributed by atoms with Gasteiger partial charge in [-0.3, -0.25) is 9.59 Å². The second-order valence-electron chi connectivity index (χ2n) is 4.08. The Morgan fingerprint density at radius 2 is 1.71 bits per heavy atom. The molecule has 0 aliphatic rings. The van der Waals surface area contributed by atoms with E-state index in [0.29, 0.717) is 19.4 Å². The van der Waals surface area contributed by atoms with Crippen LogP contribution in [0, 0.1) is 5.92 Å². The normalized spacial score (nSPS) is 10.3. The molecule has 0 heterocycles. The van der Waals surface area contributed by atoms with Gasteiger partial charge in [-0.15, -0.1) is 0 Å². The van der Waals surface area contributed by atoms with E-state index in [1.165, 1.54) is 13.8 Å². The van der Waals surface area contributed by atoms with Crippen LogP contribution in [-0.4, -0.2) is 18.2 Å². The Kier molecular flexibility index (Phi) is 5.40. The zero-order valence-corrected chi connectivity index (χ0v) is 10.3. The van der Waals surface area contributed by atoms with Crippen LogP contribution in [0.4, 0.5) is 0 Å². The van der Waals surface area contributed by atoms with E-state index in [0.717, 1.165) is 5.75 Å². The smallest absolute Gasteiger partial charge is 0.140 e. The second kappa shape index (κ2) is 6.84. The third-order valence-corrected chi connectivity index (χ3v) is 2.63. The molecule has 17 heavy (non-hydrogen) atoms. The van der Waals surface area contributed by atoms with E-state index in [9.17, 15) is 9.59 Å². The number of ketones is 2. The lowest BCUT2D eigenvalue weighted by molar-refractivity contribution is -0.130. The highest BCUT2D eigenvalue weighted by Crippen LogP contribution is 2.12. The van der Waals surface area contributed by atoms with E-state index in [2.05, 4.69) is 0 Å². The van der Waals surface area contributed by atoms with Gasteiger partial charge in [0.1, 0.15) is 17.3 Å². The lowest BCUT2D eigenvalue weighted by Crippen LogP contribution is -2.20. The van der Waals surface area contributed by atoms with Crippen LogP contribution in [0.5, 0.6) is 5.75 Å². The zero-order chi connectivity index (χ0) is 12.7. The monoisotopic (exact) mass is 234 g/mol. The summed E-state index contributed by atoms with van der Waals surface area (Å²) in [5.41, 5.74) is 0. The summed E-state index contributed by atoms with van der Waals surface area (Å²) in [6.45, 7) is 3.45. The fourth-order valence-electron chi connectivity index (χ4n) is 1.69. The number of ether oxygens (including phenoxy) is 1. The molecule has 0 fully saturated rings. The molecule has 0 N–H and O–H groups in total. The number of carbonyl (C=O) groups is 2. The summed E-state index contributed by atoms with van der Waals surface area (Å²) in [4.78, 5) is 22.4. The standard InChI is InChI=1S/C14H18O3/c1-11(15)14(12(2)16)9-6-10-17-13-7-4-3-5-8-13/h3-5,7-8,14H,6,9-10H2,1-2H3. The van der Waals surface area contributed by atoms with Gasteiger partial charge < -0.3 is 4.74 Å². The fourth-order valence-corrected chi connectivity index (χ4v) is 1.69. The topological polar surface area (TPSA) is 43.4 Å². The Bertz CT molecular complexity index is 356. The molecular weight excluding hydrogens is 216 g/mol. The van der Waals surface area contributed by atoms with Crippen LogP contribution >= 0.6 is 0 Å². The van der Waals surface area contributed by atoms with Crippen molar-refractivity contribution in [3.05, 3.63) is 30.3 Å². The molecule has 0 spiro atoms. The maximum Gasteiger partial charge on any atom is 0.140 e. The van der Waals surface area contributed by atoms with Crippen molar-refractivity contribution in [2.45, 2.75) is 26.7 Å². The number of benzene rings is 1. The molecule has 0 saturated carbocycles. The highest BCUT2D eigenvalue weighted by atomic mass is 16.5. The number of Topliss-reactive ketones (excluding diaryl/α,β-unsaturated/α-hetero) is 2. The van der Waals surface area contributed by atoms with Gasteiger partial charge in [-0.05, 0) is 38.8 Å². The first-order chi connectivity index (χ1) is 8.11. The van der Waals surface area contributed by atoms with Crippen molar-refractivity contribution < 1.29 is 14.3 Å². The van der Waals surface area contributed by atoms with E-state index in [-0.39, 0.29) is 11.6 Å². The van der Waals surface area contributed by atoms with Crippen LogP contribution in [0.3, 0.4) is 0 Å². The summed E-state index contributed by atoms with van der Waals surface area (Å²) in [6.07, 6.45) is 1.27. The molecule has 0 aliphatic heterocycles. The minimum Gasteiger partial charge on any atom is -0.494 e. The van der Waals surface area contributed by atoms with Crippen molar-refractivity contribution in [3.8, 4) is 5.75 Å². The molecule has 1 aromatic rings. The summed E-state index contributed by atoms with van der Waals surface area (Å²) in [6, 6.07) is 9.50. The second-order valence-corrected chi connectivity index (χ2v) is 4.08. The molecule has 0 aromatic heterocycles. The minimum atomic E-state index is -0.464. The number of rotatable bonds is 7. The van der Waals surface area contributed by atoms with E-state index >= 15 is 0 Å². The van der Waals surface area contributed by atoms with Gasteiger partial charge in [0.15, 0.2) is 0 Å². The molecule has 0 saturated heterocycles. The Hall–Kier alpha value is -1.64. The van der Waals surface area contributed by atoms with Crippen molar-refractivity contribution >= 4 is 11.6 Å². The van der Waals surface area contributed by atoms with E-state index in [1.54, 1.807) is 0 Å². The number of para-hydroxylation sites is 1. The van der Waals surface area contributed by atoms with E-state index in [1.807, 2.05) is 30.3 Å². The molecule has 0 aliphatic carbocycles. The third kappa shape index (κ3) is 4.81. The first kappa shape index (κ1) is 13.4. The van der Waals surface area contributed by atoms with Crippen LogP contribution in [0.2, 0.25) is 0 Å². The summed E-state index contributed by atoms with van der Waals surface area (Å²) in [5, 5.41) is 0. The Morgan fingerprint density at radius 1 is 1.12 bits per heavy atom. The SMILES string of the molecule is CC(=O)C(CCCOc1ccccc1)C(C)=O. The Morgan fingerprint density at radius 3 is 2.24 bits per heavy atom. The summed E-state index contributed by atoms with van der Waals surface area (Å²) in [5.74, 6) is 0.235. The quantitative estimate of drug-likeness (QED) is 0.538. The van der Waals surface area contributed by atoms with Gasteiger partial charge in [0.25, 0.3) is 0 Å². The zero-order valence-electron chi connectivity index (χ0n) is 10.3. The molecule has 0 radical (unpaired) electrons. The predicted octanol–water partition coefficient (Wildman–Crippen LogP) is 2.64. The highest BCUT2D eigenvalue weighted by Gasteiger charge is 2.18. The molecule has 1 aromatic carbocycles. The van der Waals surface area contributed by atoms with Gasteiger partial charge >= 0.3 is 0 Å². The van der Waals surface area contributed by atoms with Crippen LogP contribution in [0.1, 0.15) is 26.7 Å². The molecular formula is C14H18O3. The van der Waals surface area contributed by atoms with Gasteiger partial charge in [0, 0.05) is 0 Å². The molecule has 0 unspecified atom stereocenters. The summed E-state index contributed by atoms with van der Waals surface area (Å²) >= 11 is 0. The van der Waals surface area contributed by atoms with Crippen molar-refractivity contribution in [2.24, 2.45) is 5.92 Å². The van der Waals surface area contributed by atoms with Crippen molar-refractivity contribution in [1.29, 1.82) is 0 Å². The lowest BCUT2D eigenvalue weighted by atomic mass is 9.95. The predicted molar refractivity (Wildman–Crippen MR) is 66.0 cm³/mol. The van der Waals surface area contributed by atoms with Crippen LogP contribution < -0.4 is 4.74 Å². The Labute approximate surface area is 102 Å². The van der Waals surface area contributed by atoms with Crippen LogP contribution in [0.25, 0.3) is 0 Å². The fraction of sp³-hybridized carbons (Fsp3) is 0.429. The molecule has 0 bridgehead atoms. The number of carbonyl (C=O) groups excluding carboxylic acids is 2. The first-order valence-corrected chi connectivity index (χ1v) is 5.80. The summed E-state index contributed by atoms with van der Waals surface area (Å²) < 4.78 is 5.49. The maximum absolute atomic E-state index is 11.2. The van der Waals surface area contributed by atoms with Gasteiger partial charge in [0.2, 0.25) is 0 Å².